The summed E-state index contributed by atoms with van der Waals surface area (Å²) in [6.45, 7) is 16.0. The van der Waals surface area contributed by atoms with E-state index < -0.39 is 13.2 Å². The van der Waals surface area contributed by atoms with Crippen LogP contribution >= 0.6 is 0 Å². The minimum Gasteiger partial charge on any atom is -0.485 e. The molecule has 168 valence electrons. The smallest absolute Gasteiger partial charge is 0.298 e. The van der Waals surface area contributed by atoms with E-state index in [4.69, 9.17) is 13.9 Å². The standard InChI is InChI=1S/C22H36N2O5Si/c1-14(2)30(15(3)4,16(5)6)29-22-17(7)11-20(28-21(22)13-27-8)18-9-10-23-12-19(18)24(25)26/h9-12,14-17,21-22H,13H2,1-8H3/t17-,21-,22+/m1/s1. The predicted octanol–water partition coefficient (Wildman–Crippen LogP) is 5.57. The van der Waals surface area contributed by atoms with Crippen LogP contribution in [0, 0.1) is 16.0 Å². The van der Waals surface area contributed by atoms with Crippen LogP contribution in [0.4, 0.5) is 5.69 Å². The van der Waals surface area contributed by atoms with Crippen molar-refractivity contribution in [3.05, 3.63) is 40.2 Å². The molecule has 0 saturated heterocycles. The van der Waals surface area contributed by atoms with Crippen molar-refractivity contribution in [2.45, 2.75) is 77.3 Å². The molecule has 0 saturated carbocycles. The van der Waals surface area contributed by atoms with E-state index in [9.17, 15) is 10.1 Å². The van der Waals surface area contributed by atoms with Crippen molar-refractivity contribution < 1.29 is 18.8 Å². The molecule has 2 rings (SSSR count). The molecule has 1 aliphatic heterocycles. The Bertz CT molecular complexity index is 744. The molecule has 0 N–H and O–H groups in total. The number of nitro groups is 1. The van der Waals surface area contributed by atoms with Gasteiger partial charge in [-0.1, -0.05) is 48.5 Å². The number of hydrogen-bond donors (Lipinski definition) is 0. The van der Waals surface area contributed by atoms with Crippen molar-refractivity contribution in [3.8, 4) is 0 Å². The fraction of sp³-hybridized carbons (Fsp3) is 0.682. The van der Waals surface area contributed by atoms with Gasteiger partial charge in [0.15, 0.2) is 0 Å². The Labute approximate surface area is 181 Å². The molecule has 1 aromatic rings. The van der Waals surface area contributed by atoms with Gasteiger partial charge < -0.3 is 13.9 Å². The maximum absolute atomic E-state index is 11.5. The third-order valence-corrected chi connectivity index (χ3v) is 12.3. The number of methoxy groups -OCH3 is 1. The lowest BCUT2D eigenvalue weighted by Crippen LogP contribution is -2.55. The summed E-state index contributed by atoms with van der Waals surface area (Å²) in [7, 11) is -0.506. The zero-order chi connectivity index (χ0) is 22.6. The Hall–Kier alpha value is -1.77. The second-order valence-electron chi connectivity index (χ2n) is 9.05. The van der Waals surface area contributed by atoms with Crippen LogP contribution in [-0.2, 0) is 13.9 Å². The lowest BCUT2D eigenvalue weighted by molar-refractivity contribution is -0.385. The fourth-order valence-corrected chi connectivity index (χ4v) is 10.6. The van der Waals surface area contributed by atoms with E-state index in [1.807, 2.05) is 6.08 Å². The van der Waals surface area contributed by atoms with E-state index in [0.29, 0.717) is 34.6 Å². The van der Waals surface area contributed by atoms with Crippen LogP contribution in [0.15, 0.2) is 24.5 Å². The second kappa shape index (κ2) is 10.0. The first-order valence-corrected chi connectivity index (χ1v) is 12.8. The van der Waals surface area contributed by atoms with Crippen molar-refractivity contribution in [1.29, 1.82) is 0 Å². The van der Waals surface area contributed by atoms with Crippen LogP contribution in [-0.4, -0.2) is 44.1 Å². The number of hydrogen-bond acceptors (Lipinski definition) is 6. The normalized spacial score (nSPS) is 22.4. The first-order valence-electron chi connectivity index (χ1n) is 10.7. The summed E-state index contributed by atoms with van der Waals surface area (Å²) in [4.78, 5) is 14.9. The van der Waals surface area contributed by atoms with Crippen molar-refractivity contribution in [2.75, 3.05) is 13.7 Å². The summed E-state index contributed by atoms with van der Waals surface area (Å²) in [5.41, 5.74) is 1.70. The number of rotatable bonds is 9. The van der Waals surface area contributed by atoms with Crippen LogP contribution in [0.2, 0.25) is 16.6 Å². The van der Waals surface area contributed by atoms with Gasteiger partial charge in [0.25, 0.3) is 5.69 Å². The first kappa shape index (κ1) is 24.5. The first-order chi connectivity index (χ1) is 14.1. The van der Waals surface area contributed by atoms with Gasteiger partial charge >= 0.3 is 0 Å². The van der Waals surface area contributed by atoms with Gasteiger partial charge in [-0.25, -0.2) is 0 Å². The molecule has 0 radical (unpaired) electrons. The minimum atomic E-state index is -2.14. The largest absolute Gasteiger partial charge is 0.485 e. The quantitative estimate of drug-likeness (QED) is 0.286. The SMILES string of the molecule is COC[C@H]1OC(c2ccncc2[N+](=O)[O-])=C[C@@H](C)[C@@H]1O[Si](C(C)C)(C(C)C)C(C)C. The highest BCUT2D eigenvalue weighted by molar-refractivity contribution is 6.77. The molecule has 1 aliphatic rings. The molecule has 0 unspecified atom stereocenters. The van der Waals surface area contributed by atoms with Gasteiger partial charge in [-0.05, 0) is 28.8 Å². The number of pyridine rings is 1. The van der Waals surface area contributed by atoms with Crippen molar-refractivity contribution in [3.63, 3.8) is 0 Å². The van der Waals surface area contributed by atoms with E-state index in [0.717, 1.165) is 0 Å². The molecular formula is C22H36N2O5Si. The summed E-state index contributed by atoms with van der Waals surface area (Å²) < 4.78 is 18.8. The number of nitrogens with zero attached hydrogens (tertiary/aromatic N) is 2. The summed E-state index contributed by atoms with van der Waals surface area (Å²) in [6.07, 6.45) is 4.22. The molecule has 7 nitrogen and oxygen atoms in total. The Morgan fingerprint density at radius 1 is 1.20 bits per heavy atom. The van der Waals surface area contributed by atoms with Gasteiger partial charge in [-0.15, -0.1) is 0 Å². The predicted molar refractivity (Wildman–Crippen MR) is 121 cm³/mol. The average Bonchev–Trinajstić information content (AvgIpc) is 2.66. The third kappa shape index (κ3) is 4.76. The van der Waals surface area contributed by atoms with Gasteiger partial charge in [0, 0.05) is 19.2 Å². The molecule has 0 bridgehead atoms. The van der Waals surface area contributed by atoms with Gasteiger partial charge in [-0.2, -0.15) is 0 Å². The average molecular weight is 437 g/mol. The molecule has 2 heterocycles. The monoisotopic (exact) mass is 436 g/mol. The second-order valence-corrected chi connectivity index (χ2v) is 14.5. The van der Waals surface area contributed by atoms with E-state index in [1.54, 1.807) is 19.4 Å². The van der Waals surface area contributed by atoms with Crippen LogP contribution in [0.5, 0.6) is 0 Å². The minimum absolute atomic E-state index is 0.0183. The Balaban J connectivity index is 2.47. The Morgan fingerprint density at radius 2 is 1.80 bits per heavy atom. The summed E-state index contributed by atoms with van der Waals surface area (Å²) >= 11 is 0. The molecule has 0 aromatic carbocycles. The van der Waals surface area contributed by atoms with Crippen LogP contribution in [0.3, 0.4) is 0 Å². The highest BCUT2D eigenvalue weighted by Crippen LogP contribution is 2.45. The topological polar surface area (TPSA) is 83.7 Å². The Kier molecular flexibility index (Phi) is 8.18. The molecule has 3 atom stereocenters. The molecule has 0 aliphatic carbocycles. The molecule has 8 heteroatoms. The third-order valence-electron chi connectivity index (χ3n) is 6.22. The maximum Gasteiger partial charge on any atom is 0.298 e. The van der Waals surface area contributed by atoms with Gasteiger partial charge in [-0.3, -0.25) is 15.1 Å². The van der Waals surface area contributed by atoms with Crippen LogP contribution in [0.25, 0.3) is 5.76 Å². The lowest BCUT2D eigenvalue weighted by atomic mass is 9.94. The summed E-state index contributed by atoms with van der Waals surface area (Å²) in [6, 6.07) is 1.62. The van der Waals surface area contributed by atoms with E-state index in [-0.39, 0.29) is 23.8 Å². The van der Waals surface area contributed by atoms with Gasteiger partial charge in [0.2, 0.25) is 8.32 Å². The van der Waals surface area contributed by atoms with Crippen molar-refractivity contribution in [1.82, 2.24) is 4.98 Å². The summed E-state index contributed by atoms with van der Waals surface area (Å²) in [5, 5.41) is 11.5. The van der Waals surface area contributed by atoms with Crippen molar-refractivity contribution >= 4 is 19.8 Å². The van der Waals surface area contributed by atoms with E-state index in [2.05, 4.69) is 53.5 Å². The van der Waals surface area contributed by atoms with E-state index >= 15 is 0 Å². The molecule has 0 spiro atoms. The number of aromatic nitrogens is 1. The zero-order valence-corrected chi connectivity index (χ0v) is 20.4. The van der Waals surface area contributed by atoms with Crippen LogP contribution < -0.4 is 0 Å². The lowest BCUT2D eigenvalue weighted by Gasteiger charge is -2.48. The van der Waals surface area contributed by atoms with Gasteiger partial charge in [0.05, 0.1) is 23.2 Å². The molecule has 30 heavy (non-hydrogen) atoms. The number of ether oxygens (including phenoxy) is 2. The summed E-state index contributed by atoms with van der Waals surface area (Å²) in [5.74, 6) is 0.509. The maximum atomic E-state index is 11.5. The Morgan fingerprint density at radius 3 is 2.30 bits per heavy atom. The van der Waals surface area contributed by atoms with Crippen LogP contribution in [0.1, 0.15) is 54.0 Å². The highest BCUT2D eigenvalue weighted by Gasteiger charge is 2.49. The van der Waals surface area contributed by atoms with Gasteiger partial charge in [0.1, 0.15) is 18.1 Å². The molecule has 0 amide bonds. The van der Waals surface area contributed by atoms with Crippen molar-refractivity contribution in [2.24, 2.45) is 5.92 Å². The molecule has 0 fully saturated rings. The van der Waals surface area contributed by atoms with E-state index in [1.165, 1.54) is 6.20 Å². The zero-order valence-electron chi connectivity index (χ0n) is 19.4. The molecular weight excluding hydrogens is 400 g/mol. The molecule has 1 aromatic heterocycles. The fourth-order valence-electron chi connectivity index (χ4n) is 4.96. The highest BCUT2D eigenvalue weighted by atomic mass is 28.4.